The molecule has 1 unspecified atom stereocenters. The molecule has 2 heterocycles. The first-order valence-electron chi connectivity index (χ1n) is 7.76. The largest absolute Gasteiger partial charge is 0.374 e. The highest BCUT2D eigenvalue weighted by molar-refractivity contribution is 5.82. The SMILES string of the molecule is CN1CCOC(CN(CC(N)=O)C(=O)NCCn2cccc2)C1. The quantitative estimate of drug-likeness (QED) is 0.695. The molecule has 0 radical (unpaired) electrons. The van der Waals surface area contributed by atoms with Crippen molar-refractivity contribution in [3.63, 3.8) is 0 Å². The summed E-state index contributed by atoms with van der Waals surface area (Å²) in [5.41, 5.74) is 5.25. The second kappa shape index (κ2) is 8.54. The molecule has 2 rings (SSSR count). The monoisotopic (exact) mass is 323 g/mol. The van der Waals surface area contributed by atoms with Crippen molar-refractivity contribution in [3.8, 4) is 0 Å². The van der Waals surface area contributed by atoms with Crippen molar-refractivity contribution in [2.45, 2.75) is 12.6 Å². The number of hydrogen-bond acceptors (Lipinski definition) is 4. The van der Waals surface area contributed by atoms with Gasteiger partial charge in [-0.25, -0.2) is 4.79 Å². The number of aromatic nitrogens is 1. The molecule has 3 N–H and O–H groups in total. The van der Waals surface area contributed by atoms with Crippen LogP contribution in [0.25, 0.3) is 0 Å². The van der Waals surface area contributed by atoms with Crippen LogP contribution in [0.3, 0.4) is 0 Å². The van der Waals surface area contributed by atoms with Crippen molar-refractivity contribution < 1.29 is 14.3 Å². The molecule has 1 fully saturated rings. The van der Waals surface area contributed by atoms with Gasteiger partial charge in [0, 0.05) is 38.6 Å². The van der Waals surface area contributed by atoms with E-state index in [9.17, 15) is 9.59 Å². The maximum atomic E-state index is 12.3. The molecule has 128 valence electrons. The fourth-order valence-electron chi connectivity index (χ4n) is 2.55. The summed E-state index contributed by atoms with van der Waals surface area (Å²) in [7, 11) is 2.01. The van der Waals surface area contributed by atoms with E-state index in [1.54, 1.807) is 0 Å². The molecule has 0 saturated carbocycles. The van der Waals surface area contributed by atoms with Crippen LogP contribution in [-0.2, 0) is 16.1 Å². The number of nitrogens with one attached hydrogen (secondary N) is 1. The lowest BCUT2D eigenvalue weighted by molar-refractivity contribution is -0.119. The Labute approximate surface area is 136 Å². The average Bonchev–Trinajstić information content (AvgIpc) is 2.99. The summed E-state index contributed by atoms with van der Waals surface area (Å²) in [6.45, 7) is 3.61. The third-order valence-electron chi connectivity index (χ3n) is 3.71. The number of carbonyl (C=O) groups is 2. The van der Waals surface area contributed by atoms with Gasteiger partial charge >= 0.3 is 6.03 Å². The molecule has 0 spiro atoms. The molecule has 1 aromatic rings. The molecule has 1 aliphatic heterocycles. The summed E-state index contributed by atoms with van der Waals surface area (Å²) in [5, 5.41) is 2.82. The predicted octanol–water partition coefficient (Wildman–Crippen LogP) is -0.684. The maximum absolute atomic E-state index is 12.3. The number of nitrogens with two attached hydrogens (primary N) is 1. The molecule has 1 saturated heterocycles. The van der Waals surface area contributed by atoms with Gasteiger partial charge in [-0.05, 0) is 19.2 Å². The molecule has 1 aromatic heterocycles. The van der Waals surface area contributed by atoms with Gasteiger partial charge in [-0.15, -0.1) is 0 Å². The fraction of sp³-hybridized carbons (Fsp3) is 0.600. The van der Waals surface area contributed by atoms with E-state index in [1.165, 1.54) is 4.90 Å². The number of amides is 3. The van der Waals surface area contributed by atoms with Gasteiger partial charge in [0.2, 0.25) is 5.91 Å². The Kier molecular flexibility index (Phi) is 6.42. The van der Waals surface area contributed by atoms with Crippen LogP contribution in [0.2, 0.25) is 0 Å². The third kappa shape index (κ3) is 5.91. The van der Waals surface area contributed by atoms with Crippen LogP contribution >= 0.6 is 0 Å². The molecule has 1 atom stereocenters. The van der Waals surface area contributed by atoms with E-state index < -0.39 is 5.91 Å². The van der Waals surface area contributed by atoms with E-state index in [4.69, 9.17) is 10.5 Å². The van der Waals surface area contributed by atoms with Gasteiger partial charge in [0.25, 0.3) is 0 Å². The van der Waals surface area contributed by atoms with E-state index in [-0.39, 0.29) is 18.7 Å². The minimum Gasteiger partial charge on any atom is -0.374 e. The van der Waals surface area contributed by atoms with E-state index in [1.807, 2.05) is 36.1 Å². The van der Waals surface area contributed by atoms with E-state index in [2.05, 4.69) is 10.2 Å². The number of primary amides is 1. The number of hydrogen-bond donors (Lipinski definition) is 2. The second-order valence-electron chi connectivity index (χ2n) is 5.75. The Balaban J connectivity index is 1.83. The highest BCUT2D eigenvalue weighted by atomic mass is 16.5. The molecule has 0 aromatic carbocycles. The lowest BCUT2D eigenvalue weighted by atomic mass is 10.2. The van der Waals surface area contributed by atoms with Gasteiger partial charge in [-0.3, -0.25) is 4.79 Å². The standard InChI is InChI=1S/C15H25N5O3/c1-18-8-9-23-13(10-18)11-20(12-14(16)21)15(22)17-4-7-19-5-2-3-6-19/h2-3,5-6,13H,4,7-12H2,1H3,(H2,16,21)(H,17,22). The number of likely N-dealkylation sites (N-methyl/N-ethyl adjacent to an activating group) is 1. The summed E-state index contributed by atoms with van der Waals surface area (Å²) in [6.07, 6.45) is 3.75. The number of morpholine rings is 1. The Morgan fingerprint density at radius 1 is 1.39 bits per heavy atom. The molecule has 0 aliphatic carbocycles. The number of ether oxygens (including phenoxy) is 1. The van der Waals surface area contributed by atoms with Crippen molar-refractivity contribution in [1.29, 1.82) is 0 Å². The second-order valence-corrected chi connectivity index (χ2v) is 5.75. The van der Waals surface area contributed by atoms with Crippen molar-refractivity contribution in [2.75, 3.05) is 46.4 Å². The van der Waals surface area contributed by atoms with E-state index in [0.717, 1.165) is 13.1 Å². The van der Waals surface area contributed by atoms with Crippen molar-refractivity contribution >= 4 is 11.9 Å². The molecular formula is C15H25N5O3. The maximum Gasteiger partial charge on any atom is 0.318 e. The number of nitrogens with zero attached hydrogens (tertiary/aromatic N) is 3. The molecule has 3 amide bonds. The lowest BCUT2D eigenvalue weighted by Gasteiger charge is -2.33. The first kappa shape index (κ1) is 17.3. The number of carbonyl (C=O) groups excluding carboxylic acids is 2. The topological polar surface area (TPSA) is 92.8 Å². The average molecular weight is 323 g/mol. The molecule has 8 heteroatoms. The Hall–Kier alpha value is -2.06. The number of rotatable bonds is 7. The van der Waals surface area contributed by atoms with Crippen LogP contribution in [0.5, 0.6) is 0 Å². The first-order valence-corrected chi connectivity index (χ1v) is 7.76. The predicted molar refractivity (Wildman–Crippen MR) is 85.8 cm³/mol. The summed E-state index contributed by atoms with van der Waals surface area (Å²) in [4.78, 5) is 27.1. The Morgan fingerprint density at radius 3 is 2.78 bits per heavy atom. The van der Waals surface area contributed by atoms with Crippen molar-refractivity contribution in [2.24, 2.45) is 5.73 Å². The number of urea groups is 1. The zero-order valence-corrected chi connectivity index (χ0v) is 13.5. The molecular weight excluding hydrogens is 298 g/mol. The van der Waals surface area contributed by atoms with Crippen molar-refractivity contribution in [1.82, 2.24) is 19.7 Å². The molecule has 8 nitrogen and oxygen atoms in total. The summed E-state index contributed by atoms with van der Waals surface area (Å²) < 4.78 is 7.62. The zero-order chi connectivity index (χ0) is 16.7. The van der Waals surface area contributed by atoms with E-state index in [0.29, 0.717) is 26.2 Å². The highest BCUT2D eigenvalue weighted by Gasteiger charge is 2.24. The van der Waals surface area contributed by atoms with Crippen LogP contribution in [0, 0.1) is 0 Å². The van der Waals surface area contributed by atoms with Crippen LogP contribution in [0.1, 0.15) is 0 Å². The fourth-order valence-corrected chi connectivity index (χ4v) is 2.55. The molecule has 0 bridgehead atoms. The third-order valence-corrected chi connectivity index (χ3v) is 3.71. The summed E-state index contributed by atoms with van der Waals surface area (Å²) >= 11 is 0. The summed E-state index contributed by atoms with van der Waals surface area (Å²) in [5.74, 6) is -0.533. The zero-order valence-electron chi connectivity index (χ0n) is 13.5. The summed E-state index contributed by atoms with van der Waals surface area (Å²) in [6, 6.07) is 3.56. The van der Waals surface area contributed by atoms with Crippen LogP contribution < -0.4 is 11.1 Å². The smallest absolute Gasteiger partial charge is 0.318 e. The Morgan fingerprint density at radius 2 is 2.13 bits per heavy atom. The Bertz CT molecular complexity index is 505. The van der Waals surface area contributed by atoms with Crippen molar-refractivity contribution in [3.05, 3.63) is 24.5 Å². The van der Waals surface area contributed by atoms with Gasteiger partial charge < -0.3 is 30.2 Å². The highest BCUT2D eigenvalue weighted by Crippen LogP contribution is 2.05. The lowest BCUT2D eigenvalue weighted by Crippen LogP contribution is -2.52. The van der Waals surface area contributed by atoms with Gasteiger partial charge in [-0.1, -0.05) is 0 Å². The minimum absolute atomic E-state index is 0.108. The van der Waals surface area contributed by atoms with Gasteiger partial charge in [0.05, 0.1) is 19.3 Å². The molecule has 1 aliphatic rings. The van der Waals surface area contributed by atoms with Crippen LogP contribution in [-0.4, -0.2) is 78.8 Å². The normalized spacial score (nSPS) is 18.6. The van der Waals surface area contributed by atoms with Gasteiger partial charge in [0.15, 0.2) is 0 Å². The molecule has 23 heavy (non-hydrogen) atoms. The first-order chi connectivity index (χ1) is 11.0. The van der Waals surface area contributed by atoms with Gasteiger partial charge in [-0.2, -0.15) is 0 Å². The van der Waals surface area contributed by atoms with Crippen LogP contribution in [0.15, 0.2) is 24.5 Å². The van der Waals surface area contributed by atoms with Gasteiger partial charge in [0.1, 0.15) is 6.54 Å². The van der Waals surface area contributed by atoms with Crippen LogP contribution in [0.4, 0.5) is 4.79 Å². The minimum atomic E-state index is -0.533. The van der Waals surface area contributed by atoms with E-state index >= 15 is 0 Å².